The number of rotatable bonds is 3. The van der Waals surface area contributed by atoms with E-state index in [9.17, 15) is 0 Å². The predicted octanol–water partition coefficient (Wildman–Crippen LogP) is 1.31. The molecule has 0 bridgehead atoms. The van der Waals surface area contributed by atoms with Crippen molar-refractivity contribution in [2.45, 2.75) is 25.9 Å². The maximum atomic E-state index is 5.61. The highest BCUT2D eigenvalue weighted by Gasteiger charge is 2.36. The standard InChI is InChI=1S/C9H15N3O2S/c1-9(2)6(3-4-14-9)5-13-8-12-11-7(10)15-8/h6H,3-5H2,1-2H3,(H2,10,11). The topological polar surface area (TPSA) is 70.3 Å². The highest BCUT2D eigenvalue weighted by Crippen LogP contribution is 2.32. The number of nitrogens with zero attached hydrogens (tertiary/aromatic N) is 2. The number of nitrogens with two attached hydrogens (primary N) is 1. The molecule has 1 fully saturated rings. The van der Waals surface area contributed by atoms with E-state index in [1.54, 1.807) is 0 Å². The van der Waals surface area contributed by atoms with E-state index in [1.807, 2.05) is 0 Å². The van der Waals surface area contributed by atoms with Gasteiger partial charge in [-0.15, -0.1) is 5.10 Å². The molecule has 6 heteroatoms. The lowest BCUT2D eigenvalue weighted by atomic mass is 9.92. The predicted molar refractivity (Wildman–Crippen MR) is 58.0 cm³/mol. The third kappa shape index (κ3) is 2.38. The third-order valence-corrected chi connectivity index (χ3v) is 3.42. The zero-order valence-corrected chi connectivity index (χ0v) is 9.71. The molecule has 0 amide bonds. The zero-order chi connectivity index (χ0) is 10.9. The molecule has 1 aromatic rings. The number of anilines is 1. The Morgan fingerprint density at radius 1 is 1.60 bits per heavy atom. The second kappa shape index (κ2) is 3.94. The second-order valence-electron chi connectivity index (χ2n) is 4.15. The van der Waals surface area contributed by atoms with Gasteiger partial charge in [0.05, 0.1) is 12.2 Å². The lowest BCUT2D eigenvalue weighted by Crippen LogP contribution is -2.31. The quantitative estimate of drug-likeness (QED) is 0.846. The fourth-order valence-electron chi connectivity index (χ4n) is 1.66. The van der Waals surface area contributed by atoms with Gasteiger partial charge in [-0.25, -0.2) is 0 Å². The molecule has 2 N–H and O–H groups in total. The van der Waals surface area contributed by atoms with Crippen molar-refractivity contribution >= 4 is 16.5 Å². The summed E-state index contributed by atoms with van der Waals surface area (Å²) in [4.78, 5) is 0. The lowest BCUT2D eigenvalue weighted by Gasteiger charge is -2.24. The maximum absolute atomic E-state index is 5.61. The fraction of sp³-hybridized carbons (Fsp3) is 0.778. The summed E-state index contributed by atoms with van der Waals surface area (Å²) in [7, 11) is 0. The van der Waals surface area contributed by atoms with Crippen molar-refractivity contribution < 1.29 is 9.47 Å². The normalized spacial score (nSPS) is 24.3. The monoisotopic (exact) mass is 229 g/mol. The molecular weight excluding hydrogens is 214 g/mol. The molecule has 2 heterocycles. The minimum absolute atomic E-state index is 0.101. The molecule has 1 saturated heterocycles. The average molecular weight is 229 g/mol. The van der Waals surface area contributed by atoms with E-state index < -0.39 is 0 Å². The van der Waals surface area contributed by atoms with Gasteiger partial charge in [0.15, 0.2) is 0 Å². The van der Waals surface area contributed by atoms with Gasteiger partial charge in [0.2, 0.25) is 5.13 Å². The molecule has 0 aromatic carbocycles. The number of hydrogen-bond donors (Lipinski definition) is 1. The Bertz CT molecular complexity index is 340. The minimum atomic E-state index is -0.101. The van der Waals surface area contributed by atoms with Crippen LogP contribution in [0.3, 0.4) is 0 Å². The largest absolute Gasteiger partial charge is 0.468 e. The molecule has 5 nitrogen and oxygen atoms in total. The Morgan fingerprint density at radius 3 is 2.93 bits per heavy atom. The van der Waals surface area contributed by atoms with E-state index in [1.165, 1.54) is 11.3 Å². The van der Waals surface area contributed by atoms with Crippen molar-refractivity contribution in [3.8, 4) is 5.19 Å². The first-order valence-corrected chi connectivity index (χ1v) is 5.75. The van der Waals surface area contributed by atoms with Gasteiger partial charge >= 0.3 is 0 Å². The molecule has 1 aromatic heterocycles. The van der Waals surface area contributed by atoms with E-state index in [2.05, 4.69) is 24.0 Å². The molecule has 15 heavy (non-hydrogen) atoms. The van der Waals surface area contributed by atoms with Crippen LogP contribution in [0.15, 0.2) is 0 Å². The number of aromatic nitrogens is 2. The van der Waals surface area contributed by atoms with Crippen molar-refractivity contribution in [1.29, 1.82) is 0 Å². The Balaban J connectivity index is 1.88. The fourth-order valence-corrected chi connectivity index (χ4v) is 2.13. The summed E-state index contributed by atoms with van der Waals surface area (Å²) in [5.74, 6) is 0.405. The lowest BCUT2D eigenvalue weighted by molar-refractivity contribution is -0.0000227. The van der Waals surface area contributed by atoms with Crippen LogP contribution in [0.4, 0.5) is 5.13 Å². The highest BCUT2D eigenvalue weighted by molar-refractivity contribution is 7.16. The summed E-state index contributed by atoms with van der Waals surface area (Å²) < 4.78 is 11.1. The van der Waals surface area contributed by atoms with Crippen molar-refractivity contribution in [2.75, 3.05) is 18.9 Å². The van der Waals surface area contributed by atoms with E-state index in [-0.39, 0.29) is 5.60 Å². The smallest absolute Gasteiger partial charge is 0.295 e. The highest BCUT2D eigenvalue weighted by atomic mass is 32.1. The first kappa shape index (κ1) is 10.6. The molecular formula is C9H15N3O2S. The summed E-state index contributed by atoms with van der Waals surface area (Å²) in [5, 5.41) is 8.47. The molecule has 2 rings (SSSR count). The first-order chi connectivity index (χ1) is 7.08. The minimum Gasteiger partial charge on any atom is -0.468 e. The average Bonchev–Trinajstić information content (AvgIpc) is 2.69. The van der Waals surface area contributed by atoms with E-state index >= 15 is 0 Å². The van der Waals surface area contributed by atoms with Crippen LogP contribution in [0.25, 0.3) is 0 Å². The van der Waals surface area contributed by atoms with Crippen LogP contribution in [0.5, 0.6) is 5.19 Å². The van der Waals surface area contributed by atoms with Crippen molar-refractivity contribution in [1.82, 2.24) is 10.2 Å². The van der Waals surface area contributed by atoms with Gasteiger partial charge in [-0.05, 0) is 31.6 Å². The molecule has 0 saturated carbocycles. The van der Waals surface area contributed by atoms with Crippen LogP contribution >= 0.6 is 11.3 Å². The van der Waals surface area contributed by atoms with E-state index in [0.717, 1.165) is 13.0 Å². The Kier molecular flexibility index (Phi) is 2.79. The molecule has 84 valence electrons. The molecule has 1 atom stereocenters. The van der Waals surface area contributed by atoms with Crippen LogP contribution < -0.4 is 10.5 Å². The van der Waals surface area contributed by atoms with Gasteiger partial charge in [0.25, 0.3) is 5.19 Å². The van der Waals surface area contributed by atoms with Crippen LogP contribution in [0.2, 0.25) is 0 Å². The summed E-state index contributed by atoms with van der Waals surface area (Å²) in [5.41, 5.74) is 5.35. The SMILES string of the molecule is CC1(C)OCCC1COc1nnc(N)s1. The Morgan fingerprint density at radius 2 is 2.40 bits per heavy atom. The van der Waals surface area contributed by atoms with Crippen LogP contribution in [-0.4, -0.2) is 29.0 Å². The second-order valence-corrected chi connectivity index (χ2v) is 5.13. The number of nitrogen functional groups attached to an aromatic ring is 1. The molecule has 0 spiro atoms. The molecule has 1 unspecified atom stereocenters. The van der Waals surface area contributed by atoms with E-state index in [0.29, 0.717) is 22.9 Å². The van der Waals surface area contributed by atoms with Crippen LogP contribution in [-0.2, 0) is 4.74 Å². The molecule has 1 aliphatic heterocycles. The molecule has 0 radical (unpaired) electrons. The van der Waals surface area contributed by atoms with Crippen molar-refractivity contribution in [3.05, 3.63) is 0 Å². The Hall–Kier alpha value is -0.880. The van der Waals surface area contributed by atoms with Gasteiger partial charge in [-0.2, -0.15) is 0 Å². The van der Waals surface area contributed by atoms with Crippen LogP contribution in [0.1, 0.15) is 20.3 Å². The van der Waals surface area contributed by atoms with Gasteiger partial charge in [-0.3, -0.25) is 0 Å². The van der Waals surface area contributed by atoms with Crippen LogP contribution in [0, 0.1) is 5.92 Å². The Labute approximate surface area is 92.6 Å². The summed E-state index contributed by atoms with van der Waals surface area (Å²) in [6.45, 7) is 5.59. The zero-order valence-electron chi connectivity index (χ0n) is 8.90. The number of ether oxygens (including phenoxy) is 2. The molecule has 1 aliphatic rings. The summed E-state index contributed by atoms with van der Waals surface area (Å²) in [6.07, 6.45) is 1.03. The summed E-state index contributed by atoms with van der Waals surface area (Å²) in [6, 6.07) is 0. The third-order valence-electron chi connectivity index (χ3n) is 2.75. The van der Waals surface area contributed by atoms with E-state index in [4.69, 9.17) is 15.2 Å². The molecule has 0 aliphatic carbocycles. The first-order valence-electron chi connectivity index (χ1n) is 4.93. The van der Waals surface area contributed by atoms with Crippen molar-refractivity contribution in [3.63, 3.8) is 0 Å². The van der Waals surface area contributed by atoms with Crippen molar-refractivity contribution in [2.24, 2.45) is 5.92 Å². The van der Waals surface area contributed by atoms with Gasteiger partial charge in [0, 0.05) is 12.5 Å². The maximum Gasteiger partial charge on any atom is 0.295 e. The van der Waals surface area contributed by atoms with Gasteiger partial charge in [-0.1, -0.05) is 5.10 Å². The van der Waals surface area contributed by atoms with Gasteiger partial charge in [0.1, 0.15) is 0 Å². The summed E-state index contributed by atoms with van der Waals surface area (Å²) >= 11 is 1.26. The van der Waals surface area contributed by atoms with Gasteiger partial charge < -0.3 is 15.2 Å². The number of hydrogen-bond acceptors (Lipinski definition) is 6.